The van der Waals surface area contributed by atoms with Crippen molar-refractivity contribution in [2.24, 2.45) is 5.92 Å². The highest BCUT2D eigenvalue weighted by Crippen LogP contribution is 2.29. The Morgan fingerprint density at radius 2 is 1.79 bits per heavy atom. The summed E-state index contributed by atoms with van der Waals surface area (Å²) < 4.78 is 46.3. The average molecular weight is 421 g/mol. The summed E-state index contributed by atoms with van der Waals surface area (Å²) in [5.41, 5.74) is 0.973. The van der Waals surface area contributed by atoms with E-state index in [0.717, 1.165) is 18.4 Å². The van der Waals surface area contributed by atoms with Crippen molar-refractivity contribution in [2.75, 3.05) is 7.11 Å². The number of rotatable bonds is 8. The zero-order valence-corrected chi connectivity index (χ0v) is 17.4. The molecule has 2 N–H and O–H groups in total. The number of benzene rings is 2. The maximum absolute atomic E-state index is 13.2. The van der Waals surface area contributed by atoms with Gasteiger partial charge >= 0.3 is 0 Å². The smallest absolute Gasteiger partial charge is 0.251 e. The molecule has 1 fully saturated rings. The maximum Gasteiger partial charge on any atom is 0.251 e. The Kier molecular flexibility index (Phi) is 6.24. The molecule has 29 heavy (non-hydrogen) atoms. The van der Waals surface area contributed by atoms with Crippen molar-refractivity contribution in [2.45, 2.75) is 43.7 Å². The van der Waals surface area contributed by atoms with Gasteiger partial charge in [-0.2, -0.15) is 0 Å². The summed E-state index contributed by atoms with van der Waals surface area (Å²) in [4.78, 5) is 12.8. The highest BCUT2D eigenvalue weighted by atomic mass is 32.2. The number of hydrogen-bond donors (Lipinski definition) is 2. The Bertz CT molecular complexity index is 986. The van der Waals surface area contributed by atoms with Gasteiger partial charge in [0.2, 0.25) is 10.0 Å². The van der Waals surface area contributed by atoms with Gasteiger partial charge in [-0.25, -0.2) is 17.5 Å². The lowest BCUT2D eigenvalue weighted by molar-refractivity contribution is 0.0925. The molecule has 3 rings (SSSR count). The van der Waals surface area contributed by atoms with Crippen LogP contribution in [0.25, 0.3) is 0 Å². The molecule has 0 bridgehead atoms. The fourth-order valence-corrected chi connectivity index (χ4v) is 4.54. The Morgan fingerprint density at radius 1 is 1.14 bits per heavy atom. The number of amides is 1. The molecule has 1 aliphatic carbocycles. The second-order valence-corrected chi connectivity index (χ2v) is 9.19. The van der Waals surface area contributed by atoms with E-state index in [1.807, 2.05) is 13.8 Å². The molecule has 156 valence electrons. The number of methoxy groups -OCH3 is 1. The fourth-order valence-electron chi connectivity index (χ4n) is 3.04. The first-order valence-electron chi connectivity index (χ1n) is 9.48. The molecule has 8 heteroatoms. The maximum atomic E-state index is 13.2. The molecule has 6 nitrogen and oxygen atoms in total. The average Bonchev–Trinajstić information content (AvgIpc) is 3.49. The van der Waals surface area contributed by atoms with E-state index in [0.29, 0.717) is 0 Å². The van der Waals surface area contributed by atoms with E-state index < -0.39 is 15.9 Å². The number of carbonyl (C=O) groups excluding carboxylic acids is 1. The van der Waals surface area contributed by atoms with Crippen molar-refractivity contribution in [3.05, 3.63) is 59.4 Å². The normalized spacial score (nSPS) is 15.2. The molecule has 0 saturated heterocycles. The lowest BCUT2D eigenvalue weighted by atomic mass is 9.95. The van der Waals surface area contributed by atoms with Crippen molar-refractivity contribution in [1.29, 1.82) is 0 Å². The van der Waals surface area contributed by atoms with Crippen LogP contribution in [0.3, 0.4) is 0 Å². The van der Waals surface area contributed by atoms with Crippen LogP contribution in [0.15, 0.2) is 47.4 Å². The summed E-state index contributed by atoms with van der Waals surface area (Å²) in [5, 5.41) is 2.92. The molecular weight excluding hydrogens is 395 g/mol. The minimum absolute atomic E-state index is 0.0439. The molecule has 0 heterocycles. The van der Waals surface area contributed by atoms with E-state index >= 15 is 0 Å². The molecule has 0 spiro atoms. The van der Waals surface area contributed by atoms with Crippen LogP contribution in [0.2, 0.25) is 0 Å². The molecule has 2 aromatic carbocycles. The van der Waals surface area contributed by atoms with Crippen LogP contribution >= 0.6 is 0 Å². The zero-order valence-electron chi connectivity index (χ0n) is 16.6. The number of carbonyl (C=O) groups is 1. The van der Waals surface area contributed by atoms with E-state index in [2.05, 4.69) is 10.0 Å². The molecular formula is C21H25FN2O4S. The summed E-state index contributed by atoms with van der Waals surface area (Å²) in [7, 11) is -2.41. The van der Waals surface area contributed by atoms with Gasteiger partial charge in [0.05, 0.1) is 13.2 Å². The van der Waals surface area contributed by atoms with Crippen LogP contribution in [-0.2, 0) is 10.0 Å². The Hall–Kier alpha value is -2.45. The van der Waals surface area contributed by atoms with Gasteiger partial charge in [-0.1, -0.05) is 26.0 Å². The van der Waals surface area contributed by atoms with Crippen molar-refractivity contribution in [3.63, 3.8) is 0 Å². The fraction of sp³-hybridized carbons (Fsp3) is 0.381. The van der Waals surface area contributed by atoms with E-state index in [1.165, 1.54) is 37.4 Å². The van der Waals surface area contributed by atoms with Crippen molar-refractivity contribution < 1.29 is 22.3 Å². The first-order chi connectivity index (χ1) is 13.7. The minimum Gasteiger partial charge on any atom is -0.495 e. The van der Waals surface area contributed by atoms with Gasteiger partial charge in [-0.15, -0.1) is 0 Å². The predicted molar refractivity (Wildman–Crippen MR) is 108 cm³/mol. The lowest BCUT2D eigenvalue weighted by Crippen LogP contribution is -2.32. The highest BCUT2D eigenvalue weighted by molar-refractivity contribution is 7.89. The van der Waals surface area contributed by atoms with Crippen LogP contribution in [-0.4, -0.2) is 27.5 Å². The summed E-state index contributed by atoms with van der Waals surface area (Å²) >= 11 is 0. The Labute approximate surface area is 170 Å². The van der Waals surface area contributed by atoms with Gasteiger partial charge in [0.15, 0.2) is 0 Å². The quantitative estimate of drug-likeness (QED) is 0.686. The number of nitrogens with one attached hydrogen (secondary N) is 2. The largest absolute Gasteiger partial charge is 0.495 e. The monoisotopic (exact) mass is 420 g/mol. The molecule has 1 amide bonds. The van der Waals surface area contributed by atoms with Gasteiger partial charge in [-0.05, 0) is 54.7 Å². The summed E-state index contributed by atoms with van der Waals surface area (Å²) in [6, 6.07) is 9.84. The van der Waals surface area contributed by atoms with Crippen LogP contribution < -0.4 is 14.8 Å². The standard InChI is InChI=1S/C21H25FN2O4S/c1-13(2)20(14-4-7-16(22)8-5-14)23-21(25)15-6-11-18(28-3)19(12-15)29(26,27)24-17-9-10-17/h4-8,11-13,17,20,24H,9-10H2,1-3H3,(H,23,25)/t20-/m0/s1. The molecule has 1 saturated carbocycles. The lowest BCUT2D eigenvalue weighted by Gasteiger charge is -2.23. The second kappa shape index (κ2) is 8.51. The van der Waals surface area contributed by atoms with Crippen LogP contribution in [0, 0.1) is 11.7 Å². The van der Waals surface area contributed by atoms with E-state index in [9.17, 15) is 17.6 Å². The first-order valence-corrected chi connectivity index (χ1v) is 11.0. The van der Waals surface area contributed by atoms with Gasteiger partial charge < -0.3 is 10.1 Å². The van der Waals surface area contributed by atoms with Crippen molar-refractivity contribution >= 4 is 15.9 Å². The van der Waals surface area contributed by atoms with Crippen molar-refractivity contribution in [3.8, 4) is 5.75 Å². The molecule has 1 atom stereocenters. The third kappa shape index (κ3) is 5.13. The van der Waals surface area contributed by atoms with Gasteiger partial charge in [0.25, 0.3) is 5.91 Å². The third-order valence-corrected chi connectivity index (χ3v) is 6.34. The number of sulfonamides is 1. The van der Waals surface area contributed by atoms with Crippen molar-refractivity contribution in [1.82, 2.24) is 10.0 Å². The number of ether oxygens (including phenoxy) is 1. The van der Waals surface area contributed by atoms with Gasteiger partial charge in [0, 0.05) is 11.6 Å². The predicted octanol–water partition coefficient (Wildman–Crippen LogP) is 3.40. The van der Waals surface area contributed by atoms with Crippen LogP contribution in [0.4, 0.5) is 4.39 Å². The molecule has 2 aromatic rings. The zero-order chi connectivity index (χ0) is 21.2. The van der Waals surface area contributed by atoms with Gasteiger partial charge in [-0.3, -0.25) is 4.79 Å². The topological polar surface area (TPSA) is 84.5 Å². The minimum atomic E-state index is -3.79. The molecule has 0 aliphatic heterocycles. The number of halogens is 1. The third-order valence-electron chi connectivity index (χ3n) is 4.80. The molecule has 1 aliphatic rings. The van der Waals surface area contributed by atoms with E-state index in [4.69, 9.17) is 4.74 Å². The van der Waals surface area contributed by atoms with Gasteiger partial charge in [0.1, 0.15) is 16.5 Å². The van der Waals surface area contributed by atoms with Crippen LogP contribution in [0.1, 0.15) is 48.7 Å². The highest BCUT2D eigenvalue weighted by Gasteiger charge is 2.30. The Morgan fingerprint density at radius 3 is 2.34 bits per heavy atom. The van der Waals surface area contributed by atoms with Crippen LogP contribution in [0.5, 0.6) is 5.75 Å². The SMILES string of the molecule is COc1ccc(C(=O)N[C@H](c2ccc(F)cc2)C(C)C)cc1S(=O)(=O)NC1CC1. The molecule has 0 unspecified atom stereocenters. The molecule has 0 aromatic heterocycles. The summed E-state index contributed by atoms with van der Waals surface area (Å²) in [6.07, 6.45) is 1.60. The molecule has 0 radical (unpaired) electrons. The van der Waals surface area contributed by atoms with E-state index in [-0.39, 0.29) is 40.0 Å². The number of hydrogen-bond acceptors (Lipinski definition) is 4. The summed E-state index contributed by atoms with van der Waals surface area (Å²) in [5.74, 6) is -0.551. The Balaban J connectivity index is 1.87. The second-order valence-electron chi connectivity index (χ2n) is 7.51. The van der Waals surface area contributed by atoms with E-state index in [1.54, 1.807) is 12.1 Å². The summed E-state index contributed by atoms with van der Waals surface area (Å²) in [6.45, 7) is 3.88. The first kappa shape index (κ1) is 21.3.